The van der Waals surface area contributed by atoms with E-state index in [-0.39, 0.29) is 0 Å². The summed E-state index contributed by atoms with van der Waals surface area (Å²) in [4.78, 5) is 2.32. The van der Waals surface area contributed by atoms with E-state index < -0.39 is 0 Å². The van der Waals surface area contributed by atoms with Crippen molar-refractivity contribution < 1.29 is 0 Å². The summed E-state index contributed by atoms with van der Waals surface area (Å²) < 4.78 is 2.36. The molecule has 8 aromatic rings. The summed E-state index contributed by atoms with van der Waals surface area (Å²) in [5.74, 6) is 0. The van der Waals surface area contributed by atoms with Crippen molar-refractivity contribution in [2.45, 2.75) is 27.2 Å². The van der Waals surface area contributed by atoms with Gasteiger partial charge in [0.2, 0.25) is 0 Å². The van der Waals surface area contributed by atoms with Gasteiger partial charge in [0.25, 0.3) is 0 Å². The van der Waals surface area contributed by atoms with E-state index >= 15 is 0 Å². The Bertz CT molecular complexity index is 2310. The van der Waals surface area contributed by atoms with Crippen molar-refractivity contribution in [3.63, 3.8) is 0 Å². The minimum absolute atomic E-state index is 1.10. The maximum Gasteiger partial charge on any atom is 0.0541 e. The molecule has 1 aromatic heterocycles. The second-order valence-electron chi connectivity index (χ2n) is 12.7. The van der Waals surface area contributed by atoms with Crippen LogP contribution in [0.4, 0.5) is 17.1 Å². The van der Waals surface area contributed by atoms with Crippen LogP contribution >= 0.6 is 0 Å². The Labute approximate surface area is 296 Å². The zero-order valence-electron chi connectivity index (χ0n) is 29.1. The number of rotatable bonds is 7. The van der Waals surface area contributed by atoms with Gasteiger partial charge < -0.3 is 9.47 Å². The Hall–Kier alpha value is -6.12. The molecule has 1 heterocycles. The van der Waals surface area contributed by atoms with Gasteiger partial charge in [-0.05, 0) is 101 Å². The van der Waals surface area contributed by atoms with E-state index in [0.29, 0.717) is 0 Å². The van der Waals surface area contributed by atoms with Crippen molar-refractivity contribution >= 4 is 44.9 Å². The number of benzene rings is 7. The van der Waals surface area contributed by atoms with Crippen molar-refractivity contribution in [2.24, 2.45) is 0 Å². The van der Waals surface area contributed by atoms with Gasteiger partial charge in [-0.15, -0.1) is 0 Å². The highest BCUT2D eigenvalue weighted by Gasteiger charge is 2.15. The molecule has 0 saturated carbocycles. The molecular weight excluding hydrogens is 605 g/mol. The minimum Gasteiger partial charge on any atom is -0.310 e. The fourth-order valence-corrected chi connectivity index (χ4v) is 6.67. The number of aryl methyl sites for hydroxylation is 1. The SMILES string of the molecule is C=Cc1cc(N(c2ccc(-c3ccccc3)cc2)c2ccc(-c3ccc(-n4c5ccccc5c5ccccc54)cc3)cc2)ccc1C.CCC. The highest BCUT2D eigenvalue weighted by Crippen LogP contribution is 2.38. The lowest BCUT2D eigenvalue weighted by atomic mass is 10.0. The average molecular weight is 647 g/mol. The van der Waals surface area contributed by atoms with Crippen molar-refractivity contribution in [3.05, 3.63) is 188 Å². The highest BCUT2D eigenvalue weighted by molar-refractivity contribution is 6.09. The van der Waals surface area contributed by atoms with Gasteiger partial charge in [-0.25, -0.2) is 0 Å². The second-order valence-corrected chi connectivity index (χ2v) is 12.7. The molecular formula is C48H42N2. The van der Waals surface area contributed by atoms with E-state index in [9.17, 15) is 0 Å². The van der Waals surface area contributed by atoms with E-state index in [4.69, 9.17) is 0 Å². The van der Waals surface area contributed by atoms with E-state index in [1.807, 2.05) is 6.08 Å². The summed E-state index contributed by atoms with van der Waals surface area (Å²) in [6.07, 6.45) is 3.18. The maximum absolute atomic E-state index is 4.06. The summed E-state index contributed by atoms with van der Waals surface area (Å²) in [6.45, 7) is 10.4. The molecule has 2 heteroatoms. The molecule has 0 radical (unpaired) electrons. The van der Waals surface area contributed by atoms with Crippen LogP contribution in [0.2, 0.25) is 0 Å². The molecule has 7 aromatic carbocycles. The van der Waals surface area contributed by atoms with Gasteiger partial charge in [0.15, 0.2) is 0 Å². The molecule has 0 amide bonds. The third-order valence-electron chi connectivity index (χ3n) is 9.14. The first-order valence-corrected chi connectivity index (χ1v) is 17.5. The highest BCUT2D eigenvalue weighted by atomic mass is 15.1. The van der Waals surface area contributed by atoms with Gasteiger partial charge in [0.1, 0.15) is 0 Å². The lowest BCUT2D eigenvalue weighted by Gasteiger charge is -2.26. The van der Waals surface area contributed by atoms with Gasteiger partial charge >= 0.3 is 0 Å². The van der Waals surface area contributed by atoms with E-state index in [2.05, 4.69) is 207 Å². The van der Waals surface area contributed by atoms with Gasteiger partial charge in [-0.2, -0.15) is 0 Å². The Morgan fingerprint density at radius 2 is 0.920 bits per heavy atom. The fraction of sp³-hybridized carbons (Fsp3) is 0.0833. The zero-order chi connectivity index (χ0) is 34.5. The first kappa shape index (κ1) is 32.4. The third-order valence-corrected chi connectivity index (χ3v) is 9.14. The fourth-order valence-electron chi connectivity index (χ4n) is 6.67. The molecule has 0 atom stereocenters. The van der Waals surface area contributed by atoms with Crippen LogP contribution in [0.5, 0.6) is 0 Å². The largest absolute Gasteiger partial charge is 0.310 e. The Morgan fingerprint density at radius 3 is 1.42 bits per heavy atom. The molecule has 0 unspecified atom stereocenters. The molecule has 0 saturated heterocycles. The van der Waals surface area contributed by atoms with E-state index in [1.165, 1.54) is 56.0 Å². The molecule has 50 heavy (non-hydrogen) atoms. The van der Waals surface area contributed by atoms with Crippen LogP contribution in [0.15, 0.2) is 176 Å². The quantitative estimate of drug-likeness (QED) is 0.167. The summed E-state index contributed by atoms with van der Waals surface area (Å²) >= 11 is 0. The molecule has 0 aliphatic carbocycles. The number of hydrogen-bond acceptors (Lipinski definition) is 1. The number of aromatic nitrogens is 1. The van der Waals surface area contributed by atoms with E-state index in [1.54, 1.807) is 0 Å². The number of hydrogen-bond donors (Lipinski definition) is 0. The van der Waals surface area contributed by atoms with Crippen LogP contribution in [0.3, 0.4) is 0 Å². The third kappa shape index (κ3) is 6.36. The number of anilines is 3. The van der Waals surface area contributed by atoms with Crippen LogP contribution in [0.25, 0.3) is 55.8 Å². The molecule has 0 aliphatic rings. The molecule has 0 fully saturated rings. The normalized spacial score (nSPS) is 10.9. The van der Waals surface area contributed by atoms with E-state index in [0.717, 1.165) is 28.3 Å². The van der Waals surface area contributed by atoms with Gasteiger partial charge in [0.05, 0.1) is 11.0 Å². The number of para-hydroxylation sites is 2. The summed E-state index contributed by atoms with van der Waals surface area (Å²) in [5, 5.41) is 2.55. The Kier molecular flexibility index (Phi) is 9.44. The summed E-state index contributed by atoms with van der Waals surface area (Å²) in [6, 6.07) is 61.0. The van der Waals surface area contributed by atoms with Crippen LogP contribution in [0, 0.1) is 6.92 Å². The van der Waals surface area contributed by atoms with Crippen LogP contribution in [0.1, 0.15) is 31.4 Å². The summed E-state index contributed by atoms with van der Waals surface area (Å²) in [7, 11) is 0. The molecule has 0 spiro atoms. The van der Waals surface area contributed by atoms with Crippen molar-refractivity contribution in [1.29, 1.82) is 0 Å². The monoisotopic (exact) mass is 646 g/mol. The van der Waals surface area contributed by atoms with Gasteiger partial charge in [-0.3, -0.25) is 0 Å². The molecule has 244 valence electrons. The maximum atomic E-state index is 4.06. The predicted molar refractivity (Wildman–Crippen MR) is 217 cm³/mol. The molecule has 0 aliphatic heterocycles. The lowest BCUT2D eigenvalue weighted by molar-refractivity contribution is 1.09. The van der Waals surface area contributed by atoms with Crippen molar-refractivity contribution in [2.75, 3.05) is 4.90 Å². The first-order chi connectivity index (χ1) is 24.6. The first-order valence-electron chi connectivity index (χ1n) is 17.5. The number of fused-ring (bicyclic) bond motifs is 3. The average Bonchev–Trinajstić information content (AvgIpc) is 3.51. The Balaban J connectivity index is 0.00000126. The smallest absolute Gasteiger partial charge is 0.0541 e. The van der Waals surface area contributed by atoms with Crippen LogP contribution in [-0.2, 0) is 0 Å². The Morgan fingerprint density at radius 1 is 0.500 bits per heavy atom. The molecule has 8 rings (SSSR count). The predicted octanol–water partition coefficient (Wildman–Crippen LogP) is 14.0. The second kappa shape index (κ2) is 14.6. The molecule has 0 N–H and O–H groups in total. The van der Waals surface area contributed by atoms with Gasteiger partial charge in [0, 0.05) is 33.5 Å². The van der Waals surface area contributed by atoms with Crippen molar-refractivity contribution in [3.8, 4) is 27.9 Å². The van der Waals surface area contributed by atoms with Crippen molar-refractivity contribution in [1.82, 2.24) is 4.57 Å². The number of nitrogens with zero attached hydrogens (tertiary/aromatic N) is 2. The zero-order valence-corrected chi connectivity index (χ0v) is 29.1. The van der Waals surface area contributed by atoms with Crippen LogP contribution in [-0.4, -0.2) is 4.57 Å². The summed E-state index contributed by atoms with van der Waals surface area (Å²) in [5.41, 5.74) is 14.0. The van der Waals surface area contributed by atoms with Gasteiger partial charge in [-0.1, -0.05) is 142 Å². The topological polar surface area (TPSA) is 8.17 Å². The lowest BCUT2D eigenvalue weighted by Crippen LogP contribution is -2.10. The van der Waals surface area contributed by atoms with Crippen LogP contribution < -0.4 is 4.90 Å². The minimum atomic E-state index is 1.10. The standard InChI is InChI=1S/C45H34N2.C3H8/c1-3-33-31-41(24-17-32(33)2)46(38-25-18-35(19-26-38)34-11-5-4-6-12-34)39-27-20-36(21-28-39)37-22-29-40(30-23-37)47-44-15-9-7-13-42(44)43-14-8-10-16-45(43)47;1-3-2/h3-31H,1H2,2H3;3H2,1-2H3. The molecule has 2 nitrogen and oxygen atoms in total. The molecule has 0 bridgehead atoms.